The van der Waals surface area contributed by atoms with Crippen LogP contribution in [0, 0.1) is 6.92 Å². The smallest absolute Gasteiger partial charge is 0.341 e. The lowest BCUT2D eigenvalue weighted by atomic mass is 10.2. The lowest BCUT2D eigenvalue weighted by Gasteiger charge is -2.10. The summed E-state index contributed by atoms with van der Waals surface area (Å²) in [7, 11) is 3.87. The molecule has 0 bridgehead atoms. The lowest BCUT2D eigenvalue weighted by Crippen LogP contribution is -2.20. The Kier molecular flexibility index (Phi) is 3.31. The maximum absolute atomic E-state index is 10.9. The quantitative estimate of drug-likeness (QED) is 0.735. The number of carbonyl (C=O) groups is 1. The van der Waals surface area contributed by atoms with Gasteiger partial charge in [-0.1, -0.05) is 0 Å². The number of nitrogens with zero attached hydrogens (tertiary/aromatic N) is 3. The molecule has 1 heterocycles. The predicted octanol–water partition coefficient (Wildman–Crippen LogP) is 0.0335. The van der Waals surface area contributed by atoms with Crippen molar-refractivity contribution in [1.29, 1.82) is 0 Å². The van der Waals surface area contributed by atoms with E-state index in [-0.39, 0.29) is 11.4 Å². The number of aromatic carboxylic acids is 1. The molecule has 0 atom stereocenters. The van der Waals surface area contributed by atoms with Gasteiger partial charge in [-0.25, -0.2) is 9.48 Å². The maximum atomic E-state index is 10.9. The van der Waals surface area contributed by atoms with Crippen molar-refractivity contribution in [1.82, 2.24) is 14.7 Å². The summed E-state index contributed by atoms with van der Waals surface area (Å²) in [5.74, 6) is -0.803. The fourth-order valence-electron chi connectivity index (χ4n) is 1.33. The standard InChI is InChI=1S/C9H16N4O2/c1-6-7(9(14)15)8(10)13(11-6)5-4-12(2)3/h4-5,10H2,1-3H3,(H,14,15). The Morgan fingerprint density at radius 1 is 1.60 bits per heavy atom. The van der Waals surface area contributed by atoms with Gasteiger partial charge in [0, 0.05) is 6.54 Å². The average Bonchev–Trinajstić information content (AvgIpc) is 2.37. The number of nitrogens with two attached hydrogens (primary N) is 1. The van der Waals surface area contributed by atoms with Crippen LogP contribution < -0.4 is 5.73 Å². The highest BCUT2D eigenvalue weighted by molar-refractivity contribution is 5.93. The normalized spacial score (nSPS) is 10.9. The third-order valence-electron chi connectivity index (χ3n) is 2.14. The van der Waals surface area contributed by atoms with Crippen LogP contribution in [0.25, 0.3) is 0 Å². The summed E-state index contributed by atoms with van der Waals surface area (Å²) < 4.78 is 1.53. The SMILES string of the molecule is Cc1nn(CCN(C)C)c(N)c1C(=O)O. The zero-order valence-electron chi connectivity index (χ0n) is 9.19. The van der Waals surface area contributed by atoms with Gasteiger partial charge in [-0.05, 0) is 21.0 Å². The van der Waals surface area contributed by atoms with Gasteiger partial charge in [0.05, 0.1) is 12.2 Å². The molecule has 0 spiro atoms. The summed E-state index contributed by atoms with van der Waals surface area (Å²) in [5, 5.41) is 13.0. The molecule has 1 rings (SSSR count). The highest BCUT2D eigenvalue weighted by atomic mass is 16.4. The maximum Gasteiger partial charge on any atom is 0.341 e. The number of carboxylic acid groups (broad SMARTS) is 1. The first-order chi connectivity index (χ1) is 6.93. The van der Waals surface area contributed by atoms with Gasteiger partial charge in [-0.15, -0.1) is 0 Å². The van der Waals surface area contributed by atoms with Gasteiger partial charge in [-0.2, -0.15) is 5.10 Å². The lowest BCUT2D eigenvalue weighted by molar-refractivity contribution is 0.0697. The molecule has 84 valence electrons. The third kappa shape index (κ3) is 2.47. The first-order valence-electron chi connectivity index (χ1n) is 4.64. The fraction of sp³-hybridized carbons (Fsp3) is 0.556. The summed E-state index contributed by atoms with van der Waals surface area (Å²) in [4.78, 5) is 12.8. The van der Waals surface area contributed by atoms with Crippen LogP contribution in [0.5, 0.6) is 0 Å². The van der Waals surface area contributed by atoms with Crippen molar-refractivity contribution >= 4 is 11.8 Å². The van der Waals surface area contributed by atoms with Crippen LogP contribution in [-0.4, -0.2) is 46.4 Å². The monoisotopic (exact) mass is 212 g/mol. The van der Waals surface area contributed by atoms with Crippen LogP contribution in [0.1, 0.15) is 16.1 Å². The molecule has 0 fully saturated rings. The molecule has 15 heavy (non-hydrogen) atoms. The van der Waals surface area contributed by atoms with Gasteiger partial charge in [-0.3, -0.25) is 0 Å². The molecule has 0 aliphatic rings. The summed E-state index contributed by atoms with van der Waals surface area (Å²) >= 11 is 0. The number of aryl methyl sites for hydroxylation is 1. The number of hydrogen-bond donors (Lipinski definition) is 2. The first kappa shape index (κ1) is 11.5. The van der Waals surface area contributed by atoms with Crippen LogP contribution in [0.15, 0.2) is 0 Å². The molecule has 0 saturated carbocycles. The molecular formula is C9H16N4O2. The number of nitrogen functional groups attached to an aromatic ring is 1. The molecule has 6 heteroatoms. The Hall–Kier alpha value is -1.56. The van der Waals surface area contributed by atoms with Gasteiger partial charge >= 0.3 is 5.97 Å². The van der Waals surface area contributed by atoms with Crippen molar-refractivity contribution in [3.8, 4) is 0 Å². The minimum Gasteiger partial charge on any atom is -0.477 e. The van der Waals surface area contributed by atoms with Crippen molar-refractivity contribution in [2.75, 3.05) is 26.4 Å². The number of anilines is 1. The molecule has 0 amide bonds. The number of aromatic nitrogens is 2. The van der Waals surface area contributed by atoms with E-state index in [9.17, 15) is 4.79 Å². The molecule has 0 aromatic carbocycles. The van der Waals surface area contributed by atoms with Gasteiger partial charge in [0.15, 0.2) is 0 Å². The van der Waals surface area contributed by atoms with Crippen molar-refractivity contribution in [2.24, 2.45) is 0 Å². The van der Waals surface area contributed by atoms with E-state index in [1.807, 2.05) is 19.0 Å². The zero-order chi connectivity index (χ0) is 11.6. The Morgan fingerprint density at radius 2 is 2.20 bits per heavy atom. The van der Waals surface area contributed by atoms with E-state index >= 15 is 0 Å². The Balaban J connectivity index is 2.91. The molecule has 0 aliphatic heterocycles. The van der Waals surface area contributed by atoms with E-state index in [1.165, 1.54) is 4.68 Å². The van der Waals surface area contributed by atoms with E-state index in [2.05, 4.69) is 5.10 Å². The van der Waals surface area contributed by atoms with Crippen LogP contribution >= 0.6 is 0 Å². The van der Waals surface area contributed by atoms with Crippen LogP contribution in [0.4, 0.5) is 5.82 Å². The molecule has 3 N–H and O–H groups in total. The minimum absolute atomic E-state index is 0.105. The Bertz CT molecular complexity index is 370. The van der Waals surface area contributed by atoms with Crippen molar-refractivity contribution < 1.29 is 9.90 Å². The second kappa shape index (κ2) is 4.31. The number of rotatable bonds is 4. The van der Waals surface area contributed by atoms with Crippen molar-refractivity contribution in [3.05, 3.63) is 11.3 Å². The molecular weight excluding hydrogens is 196 g/mol. The van der Waals surface area contributed by atoms with E-state index in [0.29, 0.717) is 12.2 Å². The van der Waals surface area contributed by atoms with Gasteiger partial charge in [0.2, 0.25) is 0 Å². The Morgan fingerprint density at radius 3 is 2.60 bits per heavy atom. The van der Waals surface area contributed by atoms with Gasteiger partial charge in [0.1, 0.15) is 11.4 Å². The third-order valence-corrected chi connectivity index (χ3v) is 2.14. The van der Waals surface area contributed by atoms with E-state index in [4.69, 9.17) is 10.8 Å². The molecule has 0 aliphatic carbocycles. The van der Waals surface area contributed by atoms with Gasteiger partial charge in [0.25, 0.3) is 0 Å². The molecule has 0 radical (unpaired) electrons. The summed E-state index contributed by atoms with van der Waals surface area (Å²) in [6, 6.07) is 0. The molecule has 1 aromatic rings. The number of hydrogen-bond acceptors (Lipinski definition) is 4. The molecule has 0 unspecified atom stereocenters. The second-order valence-corrected chi connectivity index (χ2v) is 3.68. The summed E-state index contributed by atoms with van der Waals surface area (Å²) in [5.41, 5.74) is 6.25. The zero-order valence-corrected chi connectivity index (χ0v) is 9.19. The largest absolute Gasteiger partial charge is 0.477 e. The average molecular weight is 212 g/mol. The second-order valence-electron chi connectivity index (χ2n) is 3.68. The first-order valence-corrected chi connectivity index (χ1v) is 4.64. The highest BCUT2D eigenvalue weighted by Gasteiger charge is 2.18. The number of likely N-dealkylation sites (N-methyl/N-ethyl adjacent to an activating group) is 1. The molecule has 0 saturated heterocycles. The van der Waals surface area contributed by atoms with E-state index < -0.39 is 5.97 Å². The van der Waals surface area contributed by atoms with Gasteiger partial charge < -0.3 is 15.7 Å². The Labute approximate surface area is 88.3 Å². The van der Waals surface area contributed by atoms with Crippen molar-refractivity contribution in [3.63, 3.8) is 0 Å². The highest BCUT2D eigenvalue weighted by Crippen LogP contribution is 2.15. The van der Waals surface area contributed by atoms with Crippen molar-refractivity contribution in [2.45, 2.75) is 13.5 Å². The predicted molar refractivity (Wildman–Crippen MR) is 56.9 cm³/mol. The van der Waals surface area contributed by atoms with Crippen LogP contribution in [0.2, 0.25) is 0 Å². The summed E-state index contributed by atoms with van der Waals surface area (Å²) in [6.45, 7) is 3.00. The van der Waals surface area contributed by atoms with Crippen LogP contribution in [-0.2, 0) is 6.54 Å². The molecule has 6 nitrogen and oxygen atoms in total. The molecule has 1 aromatic heterocycles. The topological polar surface area (TPSA) is 84.4 Å². The van der Waals surface area contributed by atoms with E-state index in [1.54, 1.807) is 6.92 Å². The van der Waals surface area contributed by atoms with Crippen LogP contribution in [0.3, 0.4) is 0 Å². The minimum atomic E-state index is -1.03. The summed E-state index contributed by atoms with van der Waals surface area (Å²) in [6.07, 6.45) is 0. The number of carboxylic acids is 1. The van der Waals surface area contributed by atoms with E-state index in [0.717, 1.165) is 6.54 Å². The fourth-order valence-corrected chi connectivity index (χ4v) is 1.33.